The highest BCUT2D eigenvalue weighted by Gasteiger charge is 2.33. The van der Waals surface area contributed by atoms with Gasteiger partial charge in [-0.2, -0.15) is 0 Å². The number of hydrogen-bond donors (Lipinski definition) is 6. The summed E-state index contributed by atoms with van der Waals surface area (Å²) in [6.07, 6.45) is -0.138. The predicted octanol–water partition coefficient (Wildman–Crippen LogP) is -1.50. The molecule has 0 aromatic heterocycles. The number of rotatable bonds is 11. The number of aliphatic hydroxyl groups is 1. The molecule has 2 unspecified atom stereocenters. The van der Waals surface area contributed by atoms with Crippen LogP contribution in [0.15, 0.2) is 0 Å². The fraction of sp³-hybridized carbons (Fsp3) is 0.842. The summed E-state index contributed by atoms with van der Waals surface area (Å²) in [7, 11) is 0. The molecule has 0 aromatic carbocycles. The Labute approximate surface area is 167 Å². The first-order valence-electron chi connectivity index (χ1n) is 10.1. The second kappa shape index (κ2) is 12.1. The van der Waals surface area contributed by atoms with Crippen molar-refractivity contribution < 1.29 is 19.5 Å². The van der Waals surface area contributed by atoms with Crippen molar-refractivity contribution in [3.63, 3.8) is 0 Å². The van der Waals surface area contributed by atoms with E-state index in [1.54, 1.807) is 0 Å². The molecule has 9 heteroatoms. The lowest BCUT2D eigenvalue weighted by molar-refractivity contribution is -0.135. The van der Waals surface area contributed by atoms with Crippen LogP contribution in [0.3, 0.4) is 0 Å². The first-order chi connectivity index (χ1) is 13.1. The monoisotopic (exact) mass is 399 g/mol. The van der Waals surface area contributed by atoms with Crippen LogP contribution in [0.2, 0.25) is 0 Å². The van der Waals surface area contributed by atoms with E-state index in [1.165, 1.54) is 13.8 Å². The quantitative estimate of drug-likeness (QED) is 0.248. The molecule has 0 spiro atoms. The van der Waals surface area contributed by atoms with Gasteiger partial charge in [-0.3, -0.25) is 14.4 Å². The van der Waals surface area contributed by atoms with Crippen LogP contribution in [0.5, 0.6) is 0 Å². The average Bonchev–Trinajstić information content (AvgIpc) is 2.63. The van der Waals surface area contributed by atoms with Crippen LogP contribution in [0.4, 0.5) is 0 Å². The van der Waals surface area contributed by atoms with E-state index in [0.717, 1.165) is 13.1 Å². The first-order valence-corrected chi connectivity index (χ1v) is 10.1. The Kier molecular flexibility index (Phi) is 10.6. The smallest absolute Gasteiger partial charge is 0.245 e. The molecule has 162 valence electrons. The molecule has 7 N–H and O–H groups in total. The summed E-state index contributed by atoms with van der Waals surface area (Å²) in [6.45, 7) is 9.47. The van der Waals surface area contributed by atoms with Gasteiger partial charge in [0.15, 0.2) is 5.78 Å². The standard InChI is InChI=1S/C19H37N5O4/c1-11(2)8-22-15-7-14(9-21-10-15)18(27)24-17(13(4)26)19(28)23-16(5-6-20)12(3)25/h11,13-17,21-22,26H,5-10,20H2,1-4H3,(H,23,28)(H,24,27)/t13-,14?,15?,16-,17-/m0/s1. The van der Waals surface area contributed by atoms with Crippen LogP contribution in [0.1, 0.15) is 40.5 Å². The Bertz CT molecular complexity index is 526. The van der Waals surface area contributed by atoms with Crippen molar-refractivity contribution in [2.24, 2.45) is 17.6 Å². The number of carbonyl (C=O) groups is 3. The molecule has 1 aliphatic heterocycles. The van der Waals surface area contributed by atoms with E-state index in [9.17, 15) is 19.5 Å². The van der Waals surface area contributed by atoms with Gasteiger partial charge in [0.2, 0.25) is 11.8 Å². The van der Waals surface area contributed by atoms with E-state index in [0.29, 0.717) is 25.3 Å². The third-order valence-corrected chi connectivity index (χ3v) is 4.86. The van der Waals surface area contributed by atoms with E-state index < -0.39 is 24.1 Å². The molecule has 5 atom stereocenters. The summed E-state index contributed by atoms with van der Waals surface area (Å²) >= 11 is 0. The van der Waals surface area contributed by atoms with Crippen LogP contribution in [-0.4, -0.2) is 73.1 Å². The maximum absolute atomic E-state index is 12.7. The highest BCUT2D eigenvalue weighted by molar-refractivity contribution is 5.92. The molecule has 28 heavy (non-hydrogen) atoms. The molecule has 1 aliphatic rings. The fourth-order valence-electron chi connectivity index (χ4n) is 3.18. The molecule has 9 nitrogen and oxygen atoms in total. The van der Waals surface area contributed by atoms with Crippen molar-refractivity contribution in [3.8, 4) is 0 Å². The van der Waals surface area contributed by atoms with Crippen molar-refractivity contribution >= 4 is 17.6 Å². The number of hydrogen-bond acceptors (Lipinski definition) is 7. The van der Waals surface area contributed by atoms with E-state index in [-0.39, 0.29) is 30.2 Å². The molecule has 0 aromatic rings. The number of ketones is 1. The van der Waals surface area contributed by atoms with Crippen molar-refractivity contribution in [2.75, 3.05) is 26.2 Å². The van der Waals surface area contributed by atoms with Gasteiger partial charge in [-0.25, -0.2) is 0 Å². The molecule has 0 saturated carbocycles. The van der Waals surface area contributed by atoms with Crippen molar-refractivity contribution in [1.29, 1.82) is 0 Å². The highest BCUT2D eigenvalue weighted by atomic mass is 16.3. The zero-order valence-corrected chi connectivity index (χ0v) is 17.5. The molecule has 1 heterocycles. The van der Waals surface area contributed by atoms with E-state index in [1.807, 2.05) is 0 Å². The topological polar surface area (TPSA) is 146 Å². The Morgan fingerprint density at radius 1 is 1.18 bits per heavy atom. The summed E-state index contributed by atoms with van der Waals surface area (Å²) in [5.74, 6) is -0.886. The van der Waals surface area contributed by atoms with Crippen molar-refractivity contribution in [1.82, 2.24) is 21.3 Å². The second-order valence-corrected chi connectivity index (χ2v) is 8.07. The number of piperidine rings is 1. The van der Waals surface area contributed by atoms with Crippen LogP contribution in [0, 0.1) is 11.8 Å². The second-order valence-electron chi connectivity index (χ2n) is 8.07. The molecular weight excluding hydrogens is 362 g/mol. The molecule has 0 aliphatic carbocycles. The van der Waals surface area contributed by atoms with Gasteiger partial charge in [0, 0.05) is 19.1 Å². The lowest BCUT2D eigenvalue weighted by atomic mass is 9.94. The van der Waals surface area contributed by atoms with Crippen LogP contribution >= 0.6 is 0 Å². The highest BCUT2D eigenvalue weighted by Crippen LogP contribution is 2.12. The Hall–Kier alpha value is -1.55. The van der Waals surface area contributed by atoms with Crippen LogP contribution < -0.4 is 27.0 Å². The minimum Gasteiger partial charge on any atom is -0.391 e. The van der Waals surface area contributed by atoms with Crippen LogP contribution in [0.25, 0.3) is 0 Å². The Morgan fingerprint density at radius 2 is 1.86 bits per heavy atom. The predicted molar refractivity (Wildman–Crippen MR) is 108 cm³/mol. The summed E-state index contributed by atoms with van der Waals surface area (Å²) in [4.78, 5) is 36.9. The van der Waals surface area contributed by atoms with E-state index in [4.69, 9.17) is 5.73 Å². The van der Waals surface area contributed by atoms with Crippen LogP contribution in [-0.2, 0) is 14.4 Å². The number of nitrogens with one attached hydrogen (secondary N) is 4. The minimum atomic E-state index is -1.13. The molecule has 1 fully saturated rings. The van der Waals surface area contributed by atoms with Gasteiger partial charge >= 0.3 is 0 Å². The Morgan fingerprint density at radius 3 is 2.39 bits per heavy atom. The van der Waals surface area contributed by atoms with Gasteiger partial charge in [0.25, 0.3) is 0 Å². The summed E-state index contributed by atoms with van der Waals surface area (Å²) in [5, 5.41) is 21.9. The maximum Gasteiger partial charge on any atom is 0.245 e. The zero-order chi connectivity index (χ0) is 21.3. The van der Waals surface area contributed by atoms with E-state index in [2.05, 4.69) is 35.1 Å². The lowest BCUT2D eigenvalue weighted by Crippen LogP contribution is -2.58. The normalized spacial score (nSPS) is 23.0. The number of Topliss-reactive ketones (excluding diaryl/α,β-unsaturated/α-hetero) is 1. The minimum absolute atomic E-state index is 0.178. The number of aliphatic hydroxyl groups excluding tert-OH is 1. The van der Waals surface area contributed by atoms with Gasteiger partial charge in [0.1, 0.15) is 6.04 Å². The van der Waals surface area contributed by atoms with Gasteiger partial charge < -0.3 is 32.1 Å². The number of carbonyl (C=O) groups excluding carboxylic acids is 3. The number of amides is 2. The van der Waals surface area contributed by atoms with Crippen molar-refractivity contribution in [2.45, 2.75) is 64.8 Å². The average molecular weight is 400 g/mol. The third kappa shape index (κ3) is 8.22. The molecule has 2 amide bonds. The van der Waals surface area contributed by atoms with Gasteiger partial charge in [-0.1, -0.05) is 13.8 Å². The zero-order valence-electron chi connectivity index (χ0n) is 17.5. The summed E-state index contributed by atoms with van der Waals surface area (Å²) < 4.78 is 0. The third-order valence-electron chi connectivity index (χ3n) is 4.86. The summed E-state index contributed by atoms with van der Waals surface area (Å²) in [6, 6.07) is -1.68. The van der Waals surface area contributed by atoms with Gasteiger partial charge in [0.05, 0.1) is 18.1 Å². The number of nitrogens with two attached hydrogens (primary N) is 1. The SMILES string of the molecule is CC(=O)[C@H](CCN)NC(=O)[C@@H](NC(=O)C1CNCC(NCC(C)C)C1)[C@H](C)O. The first kappa shape index (κ1) is 24.5. The molecule has 1 rings (SSSR count). The van der Waals surface area contributed by atoms with Crippen molar-refractivity contribution in [3.05, 3.63) is 0 Å². The lowest BCUT2D eigenvalue weighted by Gasteiger charge is -2.32. The molecular formula is C19H37N5O4. The largest absolute Gasteiger partial charge is 0.391 e. The maximum atomic E-state index is 12.7. The molecule has 0 radical (unpaired) electrons. The van der Waals surface area contributed by atoms with E-state index >= 15 is 0 Å². The molecule has 1 saturated heterocycles. The van der Waals surface area contributed by atoms with Gasteiger partial charge in [-0.15, -0.1) is 0 Å². The Balaban J connectivity index is 2.68. The van der Waals surface area contributed by atoms with Gasteiger partial charge in [-0.05, 0) is 45.7 Å². The molecule has 0 bridgehead atoms. The summed E-state index contributed by atoms with van der Waals surface area (Å²) in [5.41, 5.74) is 5.48. The fourth-order valence-corrected chi connectivity index (χ4v) is 3.18.